The van der Waals surface area contributed by atoms with Gasteiger partial charge in [-0.25, -0.2) is 0 Å². The molecule has 0 aliphatic heterocycles. The van der Waals surface area contributed by atoms with E-state index in [1.165, 1.54) is 0 Å². The highest BCUT2D eigenvalue weighted by atomic mass is 32.2. The number of rotatable bonds is 5. The molecule has 0 aromatic heterocycles. The minimum atomic E-state index is -3.79. The molecule has 0 fully saturated rings. The van der Waals surface area contributed by atoms with Crippen LogP contribution in [-0.2, 0) is 16.5 Å². The molecule has 3 nitrogen and oxygen atoms in total. The van der Waals surface area contributed by atoms with E-state index in [2.05, 4.69) is 6.92 Å². The molecule has 0 spiro atoms. The Morgan fingerprint density at radius 1 is 1.00 bits per heavy atom. The first-order valence-electron chi connectivity index (χ1n) is 7.03. The van der Waals surface area contributed by atoms with Crippen LogP contribution in [-0.4, -0.2) is 8.42 Å². The summed E-state index contributed by atoms with van der Waals surface area (Å²) in [6.07, 6.45) is 1.73. The van der Waals surface area contributed by atoms with E-state index >= 15 is 0 Å². The lowest BCUT2D eigenvalue weighted by atomic mass is 10.1. The summed E-state index contributed by atoms with van der Waals surface area (Å²) in [5.41, 5.74) is 2.77. The highest BCUT2D eigenvalue weighted by Gasteiger charge is 2.19. The average molecular weight is 304 g/mol. The first kappa shape index (κ1) is 15.6. The van der Waals surface area contributed by atoms with E-state index in [1.54, 1.807) is 24.3 Å². The van der Waals surface area contributed by atoms with Gasteiger partial charge in [-0.2, -0.15) is 8.42 Å². The number of aryl methyl sites for hydroxylation is 3. The first-order valence-corrected chi connectivity index (χ1v) is 8.44. The van der Waals surface area contributed by atoms with Crippen LogP contribution in [0.2, 0.25) is 0 Å². The van der Waals surface area contributed by atoms with Crippen LogP contribution < -0.4 is 4.18 Å². The Bertz CT molecular complexity index is 716. The van der Waals surface area contributed by atoms with Gasteiger partial charge in [0, 0.05) is 0 Å². The van der Waals surface area contributed by atoms with Gasteiger partial charge in [-0.15, -0.1) is 0 Å². The normalized spacial score (nSPS) is 11.4. The van der Waals surface area contributed by atoms with Gasteiger partial charge in [0.05, 0.1) is 0 Å². The second-order valence-corrected chi connectivity index (χ2v) is 6.71. The van der Waals surface area contributed by atoms with E-state index in [0.29, 0.717) is 5.75 Å². The van der Waals surface area contributed by atoms with Gasteiger partial charge in [-0.1, -0.05) is 49.2 Å². The maximum atomic E-state index is 12.4. The summed E-state index contributed by atoms with van der Waals surface area (Å²) < 4.78 is 30.2. The Kier molecular flexibility index (Phi) is 4.68. The maximum Gasteiger partial charge on any atom is 0.339 e. The van der Waals surface area contributed by atoms with Crippen molar-refractivity contribution in [2.75, 3.05) is 0 Å². The topological polar surface area (TPSA) is 43.4 Å². The summed E-state index contributed by atoms with van der Waals surface area (Å²) in [4.78, 5) is 0.179. The Labute approximate surface area is 126 Å². The molecule has 21 heavy (non-hydrogen) atoms. The second-order valence-electron chi connectivity index (χ2n) is 5.16. The fourth-order valence-electron chi connectivity index (χ4n) is 2.16. The molecule has 0 unspecified atom stereocenters. The van der Waals surface area contributed by atoms with Gasteiger partial charge in [0.2, 0.25) is 0 Å². The third-order valence-corrected chi connectivity index (χ3v) is 4.55. The van der Waals surface area contributed by atoms with Gasteiger partial charge in [-0.05, 0) is 43.5 Å². The molecule has 0 heterocycles. The van der Waals surface area contributed by atoms with Crippen molar-refractivity contribution < 1.29 is 12.6 Å². The molecule has 0 saturated carbocycles. The van der Waals surface area contributed by atoms with Crippen molar-refractivity contribution in [2.45, 2.75) is 38.5 Å². The lowest BCUT2D eigenvalue weighted by molar-refractivity contribution is 0.480. The van der Waals surface area contributed by atoms with Gasteiger partial charge in [-0.3, -0.25) is 0 Å². The lowest BCUT2D eigenvalue weighted by Crippen LogP contribution is -2.12. The van der Waals surface area contributed by atoms with Crippen molar-refractivity contribution in [1.82, 2.24) is 0 Å². The number of para-hydroxylation sites is 1. The fourth-order valence-corrected chi connectivity index (χ4v) is 3.18. The van der Waals surface area contributed by atoms with Crippen LogP contribution in [0.1, 0.15) is 30.0 Å². The Morgan fingerprint density at radius 3 is 2.29 bits per heavy atom. The largest absolute Gasteiger partial charge is 0.378 e. The lowest BCUT2D eigenvalue weighted by Gasteiger charge is -2.13. The van der Waals surface area contributed by atoms with Crippen LogP contribution >= 0.6 is 0 Å². The summed E-state index contributed by atoms with van der Waals surface area (Å²) >= 11 is 0. The zero-order valence-electron chi connectivity index (χ0n) is 12.6. The molecular formula is C17H20O3S. The quantitative estimate of drug-likeness (QED) is 0.783. The van der Waals surface area contributed by atoms with Crippen LogP contribution in [0.4, 0.5) is 0 Å². The number of hydrogen-bond donors (Lipinski definition) is 0. The van der Waals surface area contributed by atoms with Gasteiger partial charge < -0.3 is 4.18 Å². The SMILES string of the molecule is CCCc1cccc(C)c1OS(=O)(=O)c1ccc(C)cc1. The molecule has 2 aromatic rings. The third kappa shape index (κ3) is 3.64. The van der Waals surface area contributed by atoms with E-state index in [0.717, 1.165) is 29.5 Å². The summed E-state index contributed by atoms with van der Waals surface area (Å²) in [5.74, 6) is 0.458. The number of benzene rings is 2. The molecule has 2 aromatic carbocycles. The highest BCUT2D eigenvalue weighted by molar-refractivity contribution is 7.87. The molecular weight excluding hydrogens is 284 g/mol. The Balaban J connectivity index is 2.39. The van der Waals surface area contributed by atoms with Gasteiger partial charge in [0.1, 0.15) is 10.6 Å². The van der Waals surface area contributed by atoms with E-state index in [-0.39, 0.29) is 4.90 Å². The van der Waals surface area contributed by atoms with Crippen molar-refractivity contribution in [3.05, 3.63) is 59.2 Å². The van der Waals surface area contributed by atoms with Crippen molar-refractivity contribution >= 4 is 10.1 Å². The van der Waals surface area contributed by atoms with Gasteiger partial charge in [0.15, 0.2) is 0 Å². The van der Waals surface area contributed by atoms with Crippen molar-refractivity contribution in [3.8, 4) is 5.75 Å². The minimum absolute atomic E-state index is 0.179. The van der Waals surface area contributed by atoms with Crippen LogP contribution in [0.3, 0.4) is 0 Å². The van der Waals surface area contributed by atoms with E-state index < -0.39 is 10.1 Å². The molecule has 0 atom stereocenters. The van der Waals surface area contributed by atoms with Crippen molar-refractivity contribution in [1.29, 1.82) is 0 Å². The van der Waals surface area contributed by atoms with Crippen molar-refractivity contribution in [2.24, 2.45) is 0 Å². The molecule has 2 rings (SSSR count). The predicted molar refractivity (Wildman–Crippen MR) is 84.2 cm³/mol. The smallest absolute Gasteiger partial charge is 0.339 e. The third-order valence-electron chi connectivity index (χ3n) is 3.32. The van der Waals surface area contributed by atoms with Crippen LogP contribution in [0.15, 0.2) is 47.4 Å². The van der Waals surface area contributed by atoms with Crippen LogP contribution in [0.5, 0.6) is 5.75 Å². The summed E-state index contributed by atoms with van der Waals surface area (Å²) in [5, 5.41) is 0. The molecule has 0 amide bonds. The number of hydrogen-bond acceptors (Lipinski definition) is 3. The molecule has 4 heteroatoms. The van der Waals surface area contributed by atoms with Crippen LogP contribution in [0, 0.1) is 13.8 Å². The van der Waals surface area contributed by atoms with E-state index in [1.807, 2.05) is 32.0 Å². The Morgan fingerprint density at radius 2 is 1.67 bits per heavy atom. The minimum Gasteiger partial charge on any atom is -0.378 e. The molecule has 0 aliphatic rings. The van der Waals surface area contributed by atoms with E-state index in [9.17, 15) is 8.42 Å². The van der Waals surface area contributed by atoms with Gasteiger partial charge in [0.25, 0.3) is 0 Å². The Hall–Kier alpha value is -1.81. The highest BCUT2D eigenvalue weighted by Crippen LogP contribution is 2.28. The monoisotopic (exact) mass is 304 g/mol. The molecule has 0 N–H and O–H groups in total. The van der Waals surface area contributed by atoms with Gasteiger partial charge >= 0.3 is 10.1 Å². The standard InChI is InChI=1S/C17H20O3S/c1-4-6-15-8-5-7-14(3)17(15)20-21(18,19)16-11-9-13(2)10-12-16/h5,7-12H,4,6H2,1-3H3. The summed E-state index contributed by atoms with van der Waals surface area (Å²) in [7, 11) is -3.79. The molecule has 0 bridgehead atoms. The zero-order valence-corrected chi connectivity index (χ0v) is 13.4. The summed E-state index contributed by atoms with van der Waals surface area (Å²) in [6, 6.07) is 12.4. The fraction of sp³-hybridized carbons (Fsp3) is 0.294. The average Bonchev–Trinajstić information content (AvgIpc) is 2.43. The molecule has 112 valence electrons. The van der Waals surface area contributed by atoms with Crippen LogP contribution in [0.25, 0.3) is 0 Å². The summed E-state index contributed by atoms with van der Waals surface area (Å²) in [6.45, 7) is 5.83. The maximum absolute atomic E-state index is 12.4. The molecule has 0 aliphatic carbocycles. The predicted octanol–water partition coefficient (Wildman–Crippen LogP) is 4.02. The molecule has 0 saturated heterocycles. The zero-order chi connectivity index (χ0) is 15.5. The molecule has 0 radical (unpaired) electrons. The second kappa shape index (κ2) is 6.31. The van der Waals surface area contributed by atoms with E-state index in [4.69, 9.17) is 4.18 Å². The first-order chi connectivity index (χ1) is 9.94. The van der Waals surface area contributed by atoms with Crippen molar-refractivity contribution in [3.63, 3.8) is 0 Å².